The lowest BCUT2D eigenvalue weighted by Gasteiger charge is -2.03. The van der Waals surface area contributed by atoms with Crippen LogP contribution in [0.15, 0.2) is 17.0 Å². The molecule has 0 fully saturated rings. The molecule has 86 valence electrons. The Bertz CT molecular complexity index is 570. The minimum Gasteiger partial charge on any atom is -0.298 e. The molecule has 0 radical (unpaired) electrons. The van der Waals surface area contributed by atoms with Gasteiger partial charge in [-0.3, -0.25) is 14.9 Å². The highest BCUT2D eigenvalue weighted by Crippen LogP contribution is 2.28. The van der Waals surface area contributed by atoms with Gasteiger partial charge in [-0.15, -0.1) is 0 Å². The zero-order chi connectivity index (χ0) is 12.5. The first kappa shape index (κ1) is 13.3. The largest absolute Gasteiger partial charge is 0.298 e. The van der Waals surface area contributed by atoms with E-state index in [0.717, 1.165) is 12.1 Å². The van der Waals surface area contributed by atoms with Crippen molar-refractivity contribution in [2.24, 2.45) is 0 Å². The minimum absolute atomic E-state index is 0.0631. The molecule has 0 saturated carbocycles. The minimum atomic E-state index is -4.12. The zero-order valence-electron chi connectivity index (χ0n) is 7.38. The molecule has 0 bridgehead atoms. The highest BCUT2D eigenvalue weighted by atomic mass is 127. The van der Waals surface area contributed by atoms with Gasteiger partial charge in [0.05, 0.1) is 4.92 Å². The number of hydrogen-bond acceptors (Lipinski definition) is 5. The topological polar surface area (TPSA) is 94.3 Å². The van der Waals surface area contributed by atoms with Crippen molar-refractivity contribution in [3.05, 3.63) is 31.4 Å². The molecule has 0 atom stereocenters. The van der Waals surface area contributed by atoms with E-state index in [2.05, 4.69) is 0 Å². The molecule has 1 aromatic carbocycles. The van der Waals surface area contributed by atoms with E-state index < -0.39 is 24.6 Å². The van der Waals surface area contributed by atoms with Crippen molar-refractivity contribution < 1.29 is 18.1 Å². The van der Waals surface area contributed by atoms with Crippen molar-refractivity contribution in [1.29, 1.82) is 0 Å². The van der Waals surface area contributed by atoms with Crippen LogP contribution >= 0.6 is 33.3 Å². The van der Waals surface area contributed by atoms with Crippen LogP contribution in [0.2, 0.25) is 0 Å². The maximum atomic E-state index is 11.1. The van der Waals surface area contributed by atoms with Gasteiger partial charge in [0.1, 0.15) is 4.90 Å². The van der Waals surface area contributed by atoms with E-state index in [9.17, 15) is 23.3 Å². The molecule has 0 amide bonds. The molecule has 0 N–H and O–H groups in total. The van der Waals surface area contributed by atoms with Crippen LogP contribution in [-0.2, 0) is 9.05 Å². The molecule has 16 heavy (non-hydrogen) atoms. The molecular formula is C7H3ClINO5S. The summed E-state index contributed by atoms with van der Waals surface area (Å²) in [7, 11) is 0.978. The van der Waals surface area contributed by atoms with Crippen LogP contribution < -0.4 is 0 Å². The van der Waals surface area contributed by atoms with Crippen LogP contribution in [0, 0.1) is 13.7 Å². The first-order valence-corrected chi connectivity index (χ1v) is 7.04. The van der Waals surface area contributed by atoms with Gasteiger partial charge in [0, 0.05) is 31.9 Å². The number of aldehydes is 1. The molecule has 9 heteroatoms. The average Bonchev–Trinajstić information content (AvgIpc) is 2.15. The van der Waals surface area contributed by atoms with E-state index in [4.69, 9.17) is 10.7 Å². The summed E-state index contributed by atoms with van der Waals surface area (Å²) in [4.78, 5) is 19.9. The number of halogens is 2. The summed E-state index contributed by atoms with van der Waals surface area (Å²) < 4.78 is 22.3. The Balaban J connectivity index is 3.68. The second-order valence-electron chi connectivity index (χ2n) is 2.66. The predicted molar refractivity (Wildman–Crippen MR) is 64.2 cm³/mol. The molecule has 0 aliphatic rings. The lowest BCUT2D eigenvalue weighted by Crippen LogP contribution is -2.01. The number of nitrogens with zero attached hydrogens (tertiary/aromatic N) is 1. The third-order valence-electron chi connectivity index (χ3n) is 1.65. The molecule has 0 spiro atoms. The lowest BCUT2D eigenvalue weighted by atomic mass is 10.2. The number of carbonyl (C=O) groups excluding carboxylic acids is 1. The van der Waals surface area contributed by atoms with E-state index in [1.165, 1.54) is 0 Å². The fourth-order valence-corrected chi connectivity index (χ4v) is 3.63. The number of hydrogen-bond donors (Lipinski definition) is 0. The highest BCUT2D eigenvalue weighted by molar-refractivity contribution is 14.1. The number of non-ortho nitro benzene ring substituents is 1. The summed E-state index contributed by atoms with van der Waals surface area (Å²) in [6.07, 6.45) is 0.334. The van der Waals surface area contributed by atoms with Crippen LogP contribution in [0.3, 0.4) is 0 Å². The van der Waals surface area contributed by atoms with E-state index in [0.29, 0.717) is 6.29 Å². The molecule has 0 saturated heterocycles. The summed E-state index contributed by atoms with van der Waals surface area (Å²) in [6, 6.07) is 1.80. The summed E-state index contributed by atoms with van der Waals surface area (Å²) in [6.45, 7) is 0. The molecular weight excluding hydrogens is 373 g/mol. The second-order valence-corrected chi connectivity index (χ2v) is 6.27. The Kier molecular flexibility index (Phi) is 3.86. The van der Waals surface area contributed by atoms with E-state index in [1.54, 1.807) is 22.6 Å². The fourth-order valence-electron chi connectivity index (χ4n) is 0.973. The van der Waals surface area contributed by atoms with Crippen LogP contribution in [0.1, 0.15) is 10.4 Å². The lowest BCUT2D eigenvalue weighted by molar-refractivity contribution is -0.385. The van der Waals surface area contributed by atoms with Crippen molar-refractivity contribution in [1.82, 2.24) is 0 Å². The van der Waals surface area contributed by atoms with Gasteiger partial charge in [0.15, 0.2) is 6.29 Å². The smallest absolute Gasteiger partial charge is 0.271 e. The zero-order valence-corrected chi connectivity index (χ0v) is 11.1. The number of nitro benzene ring substituents is 1. The van der Waals surface area contributed by atoms with Gasteiger partial charge in [0.2, 0.25) is 0 Å². The van der Waals surface area contributed by atoms with Gasteiger partial charge in [-0.1, -0.05) is 0 Å². The number of benzene rings is 1. The van der Waals surface area contributed by atoms with E-state index in [1.807, 2.05) is 0 Å². The predicted octanol–water partition coefficient (Wildman–Crippen LogP) is 1.94. The SMILES string of the molecule is O=Cc1cc([N+](=O)[O-])cc(S(=O)(=O)Cl)c1I. The normalized spacial score (nSPS) is 11.1. The number of carbonyl (C=O) groups is 1. The van der Waals surface area contributed by atoms with Crippen LogP contribution in [0.4, 0.5) is 5.69 Å². The maximum absolute atomic E-state index is 11.1. The average molecular weight is 376 g/mol. The molecule has 0 heterocycles. The Morgan fingerprint density at radius 3 is 2.38 bits per heavy atom. The third kappa shape index (κ3) is 2.68. The molecule has 6 nitrogen and oxygen atoms in total. The second kappa shape index (κ2) is 4.63. The standard InChI is InChI=1S/C7H3ClINO5S/c8-16(14,15)6-2-5(10(12)13)1-4(3-11)7(6)9/h1-3H. The van der Waals surface area contributed by atoms with Crippen LogP contribution in [0.5, 0.6) is 0 Å². The van der Waals surface area contributed by atoms with Crippen molar-refractivity contribution in [2.75, 3.05) is 0 Å². The molecule has 0 unspecified atom stereocenters. The molecule has 0 aliphatic heterocycles. The Morgan fingerprint density at radius 2 is 2.00 bits per heavy atom. The van der Waals surface area contributed by atoms with Crippen molar-refractivity contribution in [2.45, 2.75) is 4.90 Å². The van der Waals surface area contributed by atoms with Crippen LogP contribution in [0.25, 0.3) is 0 Å². The van der Waals surface area contributed by atoms with E-state index in [-0.39, 0.29) is 9.13 Å². The van der Waals surface area contributed by atoms with Gasteiger partial charge in [-0.2, -0.15) is 0 Å². The maximum Gasteiger partial charge on any atom is 0.271 e. The monoisotopic (exact) mass is 375 g/mol. The first-order chi connectivity index (χ1) is 7.27. The third-order valence-corrected chi connectivity index (χ3v) is 4.57. The Morgan fingerprint density at radius 1 is 1.44 bits per heavy atom. The summed E-state index contributed by atoms with van der Waals surface area (Å²) >= 11 is 1.59. The first-order valence-electron chi connectivity index (χ1n) is 3.65. The van der Waals surface area contributed by atoms with Crippen molar-refractivity contribution >= 4 is 54.3 Å². The quantitative estimate of drug-likeness (QED) is 0.264. The molecule has 0 aromatic heterocycles. The Hall–Kier alpha value is -0.740. The fraction of sp³-hybridized carbons (Fsp3) is 0. The number of rotatable bonds is 3. The number of nitro groups is 1. The highest BCUT2D eigenvalue weighted by Gasteiger charge is 2.22. The summed E-state index contributed by atoms with van der Waals surface area (Å²) in [5.74, 6) is 0. The van der Waals surface area contributed by atoms with Crippen LogP contribution in [-0.4, -0.2) is 19.6 Å². The molecule has 1 rings (SSSR count). The van der Waals surface area contributed by atoms with Gasteiger partial charge in [-0.25, -0.2) is 8.42 Å². The van der Waals surface area contributed by atoms with Gasteiger partial charge in [0.25, 0.3) is 14.7 Å². The van der Waals surface area contributed by atoms with Crippen molar-refractivity contribution in [3.8, 4) is 0 Å². The van der Waals surface area contributed by atoms with Gasteiger partial charge < -0.3 is 0 Å². The summed E-state index contributed by atoms with van der Waals surface area (Å²) in [5.41, 5.74) is -0.587. The molecule has 1 aromatic rings. The van der Waals surface area contributed by atoms with Gasteiger partial charge in [-0.05, 0) is 22.6 Å². The van der Waals surface area contributed by atoms with E-state index >= 15 is 0 Å². The summed E-state index contributed by atoms with van der Waals surface area (Å²) in [5, 5.41) is 10.5. The van der Waals surface area contributed by atoms with Crippen molar-refractivity contribution in [3.63, 3.8) is 0 Å². The van der Waals surface area contributed by atoms with Gasteiger partial charge >= 0.3 is 0 Å². The Labute approximate surface area is 108 Å². The molecule has 0 aliphatic carbocycles.